The van der Waals surface area contributed by atoms with Crippen LogP contribution in [-0.4, -0.2) is 30.8 Å². The molecule has 5 rings (SSSR count). The molecule has 0 saturated heterocycles. The quantitative estimate of drug-likeness (QED) is 0.380. The van der Waals surface area contributed by atoms with Gasteiger partial charge in [-0.05, 0) is 47.5 Å². The minimum Gasteiger partial charge on any atom is -0.478 e. The first-order valence-electron chi connectivity index (χ1n) is 10.1. The Hall–Kier alpha value is -4.52. The summed E-state index contributed by atoms with van der Waals surface area (Å²) < 4.78 is 1.98. The van der Waals surface area contributed by atoms with E-state index in [9.17, 15) is 4.79 Å². The van der Waals surface area contributed by atoms with E-state index in [4.69, 9.17) is 5.11 Å². The molecule has 2 N–H and O–H groups in total. The van der Waals surface area contributed by atoms with Crippen LogP contribution in [0.2, 0.25) is 0 Å². The van der Waals surface area contributed by atoms with Gasteiger partial charge in [-0.25, -0.2) is 14.8 Å². The number of nitrogens with zero attached hydrogens (tertiary/aromatic N) is 4. The lowest BCUT2D eigenvalue weighted by atomic mass is 10.1. The molecule has 2 aromatic heterocycles. The van der Waals surface area contributed by atoms with E-state index in [-0.39, 0.29) is 0 Å². The number of carboxylic acid groups (broad SMARTS) is 1. The molecule has 5 aromatic rings. The van der Waals surface area contributed by atoms with Crippen LogP contribution < -0.4 is 5.32 Å². The maximum atomic E-state index is 10.8. The van der Waals surface area contributed by atoms with Gasteiger partial charge >= 0.3 is 5.97 Å². The van der Waals surface area contributed by atoms with Crippen LogP contribution in [0.15, 0.2) is 85.3 Å². The van der Waals surface area contributed by atoms with Gasteiger partial charge in [0.05, 0.1) is 23.8 Å². The fourth-order valence-electron chi connectivity index (χ4n) is 3.63. The summed E-state index contributed by atoms with van der Waals surface area (Å²) >= 11 is 0. The van der Waals surface area contributed by atoms with Gasteiger partial charge in [-0.3, -0.25) is 4.68 Å². The fraction of sp³-hybridized carbons (Fsp3) is 0.0400. The molecule has 3 aromatic carbocycles. The van der Waals surface area contributed by atoms with E-state index in [0.29, 0.717) is 12.4 Å². The predicted octanol–water partition coefficient (Wildman–Crippen LogP) is 4.87. The van der Waals surface area contributed by atoms with Crippen molar-refractivity contribution in [3.8, 4) is 0 Å². The maximum absolute atomic E-state index is 10.8. The van der Waals surface area contributed by atoms with Crippen LogP contribution in [0, 0.1) is 0 Å². The minimum atomic E-state index is -0.992. The summed E-state index contributed by atoms with van der Waals surface area (Å²) in [4.78, 5) is 19.5. The highest BCUT2D eigenvalue weighted by Gasteiger charge is 2.08. The van der Waals surface area contributed by atoms with Crippen LogP contribution in [0.4, 0.5) is 11.5 Å². The Balaban J connectivity index is 1.45. The van der Waals surface area contributed by atoms with Crippen molar-refractivity contribution in [1.29, 1.82) is 0 Å². The summed E-state index contributed by atoms with van der Waals surface area (Å²) in [6, 6.07) is 21.8. The van der Waals surface area contributed by atoms with Crippen LogP contribution in [0.5, 0.6) is 0 Å². The van der Waals surface area contributed by atoms with E-state index in [1.807, 2.05) is 65.5 Å². The highest BCUT2D eigenvalue weighted by atomic mass is 16.4. The second-order valence-electron chi connectivity index (χ2n) is 7.36. The molecule has 0 amide bonds. The van der Waals surface area contributed by atoms with Crippen LogP contribution >= 0.6 is 0 Å². The normalized spacial score (nSPS) is 11.4. The second kappa shape index (κ2) is 8.31. The number of hydrogen-bond donors (Lipinski definition) is 2. The molecule has 2 heterocycles. The number of hydrogen-bond acceptors (Lipinski definition) is 5. The summed E-state index contributed by atoms with van der Waals surface area (Å²) in [5.41, 5.74) is 4.65. The Morgan fingerprint density at radius 2 is 1.91 bits per heavy atom. The molecule has 0 aliphatic rings. The molecule has 156 valence electrons. The topological polar surface area (TPSA) is 92.9 Å². The number of aliphatic carboxylic acids is 1. The number of fused-ring (bicyclic) bond motifs is 2. The smallest absolute Gasteiger partial charge is 0.328 e. The highest BCUT2D eigenvalue weighted by Crippen LogP contribution is 2.27. The summed E-state index contributed by atoms with van der Waals surface area (Å²) in [5.74, 6) is -0.342. The van der Waals surface area contributed by atoms with Gasteiger partial charge in [-0.1, -0.05) is 36.4 Å². The Kier molecular flexibility index (Phi) is 5.05. The molecule has 0 radical (unpaired) electrons. The molecule has 0 bridgehead atoms. The molecule has 0 atom stereocenters. The molecule has 0 fully saturated rings. The van der Waals surface area contributed by atoms with Gasteiger partial charge in [0, 0.05) is 22.5 Å². The van der Waals surface area contributed by atoms with Crippen LogP contribution in [0.25, 0.3) is 27.9 Å². The van der Waals surface area contributed by atoms with E-state index in [2.05, 4.69) is 32.5 Å². The number of anilines is 2. The first-order chi connectivity index (χ1) is 15.7. The lowest BCUT2D eigenvalue weighted by Gasteiger charge is -2.10. The lowest BCUT2D eigenvalue weighted by Crippen LogP contribution is -2.01. The second-order valence-corrected chi connectivity index (χ2v) is 7.36. The largest absolute Gasteiger partial charge is 0.478 e. The van der Waals surface area contributed by atoms with E-state index < -0.39 is 5.97 Å². The Bertz CT molecular complexity index is 1460. The monoisotopic (exact) mass is 421 g/mol. The summed E-state index contributed by atoms with van der Waals surface area (Å²) in [6.07, 6.45) is 6.02. The zero-order chi connectivity index (χ0) is 21.9. The molecule has 0 spiro atoms. The number of aromatic nitrogens is 4. The molecular formula is C25H19N5O2. The third-order valence-corrected chi connectivity index (χ3v) is 5.16. The fourth-order valence-corrected chi connectivity index (χ4v) is 3.63. The number of carbonyl (C=O) groups is 1. The van der Waals surface area contributed by atoms with Crippen molar-refractivity contribution in [2.75, 3.05) is 5.32 Å². The Labute approximate surface area is 183 Å². The first-order valence-corrected chi connectivity index (χ1v) is 10.1. The van der Waals surface area contributed by atoms with E-state index in [0.717, 1.165) is 39.1 Å². The Morgan fingerprint density at radius 3 is 2.75 bits per heavy atom. The zero-order valence-corrected chi connectivity index (χ0v) is 17.0. The van der Waals surface area contributed by atoms with Gasteiger partial charge in [0.1, 0.15) is 12.1 Å². The van der Waals surface area contributed by atoms with Gasteiger partial charge in [-0.15, -0.1) is 0 Å². The highest BCUT2D eigenvalue weighted by molar-refractivity contribution is 5.94. The number of benzene rings is 3. The van der Waals surface area contributed by atoms with Crippen molar-refractivity contribution in [1.82, 2.24) is 19.7 Å². The number of rotatable bonds is 6. The summed E-state index contributed by atoms with van der Waals surface area (Å²) in [5, 5.41) is 18.6. The Morgan fingerprint density at radius 1 is 1.03 bits per heavy atom. The molecule has 0 saturated carbocycles. The number of nitrogens with one attached hydrogen (secondary N) is 1. The molecule has 7 nitrogen and oxygen atoms in total. The minimum absolute atomic E-state index is 0.650. The van der Waals surface area contributed by atoms with E-state index in [1.165, 1.54) is 11.9 Å². The van der Waals surface area contributed by atoms with Crippen LogP contribution in [0.1, 0.15) is 11.1 Å². The molecule has 7 heteroatoms. The van der Waals surface area contributed by atoms with Crippen molar-refractivity contribution in [2.45, 2.75) is 6.54 Å². The standard InChI is InChI=1S/C25H19N5O2/c31-24(32)11-7-17-6-9-22-21(12-17)25(27-16-26-22)29-20-8-10-23-19(13-20)14-28-30(23)15-18-4-2-1-3-5-18/h1-14,16H,15H2,(H,31,32)(H,26,27,29). The molecule has 32 heavy (non-hydrogen) atoms. The van der Waals surface area contributed by atoms with Crippen LogP contribution in [0.3, 0.4) is 0 Å². The summed E-state index contributed by atoms with van der Waals surface area (Å²) in [7, 11) is 0. The average Bonchev–Trinajstić information content (AvgIpc) is 3.20. The zero-order valence-electron chi connectivity index (χ0n) is 17.0. The van der Waals surface area contributed by atoms with Crippen molar-refractivity contribution >= 4 is 45.4 Å². The average molecular weight is 421 g/mol. The van der Waals surface area contributed by atoms with Crippen LogP contribution in [-0.2, 0) is 11.3 Å². The SMILES string of the molecule is O=C(O)C=Cc1ccc2ncnc(Nc3ccc4c(cnn4Cc4ccccc4)c3)c2c1. The van der Waals surface area contributed by atoms with Crippen molar-refractivity contribution in [3.05, 3.63) is 96.5 Å². The van der Waals surface area contributed by atoms with Gasteiger partial charge in [0.15, 0.2) is 0 Å². The third kappa shape index (κ3) is 4.04. The molecular weight excluding hydrogens is 402 g/mol. The van der Waals surface area contributed by atoms with Gasteiger partial charge < -0.3 is 10.4 Å². The number of carboxylic acids is 1. The maximum Gasteiger partial charge on any atom is 0.328 e. The van der Waals surface area contributed by atoms with E-state index >= 15 is 0 Å². The first kappa shape index (κ1) is 19.4. The van der Waals surface area contributed by atoms with E-state index in [1.54, 1.807) is 6.08 Å². The van der Waals surface area contributed by atoms with Crippen molar-refractivity contribution < 1.29 is 9.90 Å². The third-order valence-electron chi connectivity index (χ3n) is 5.16. The van der Waals surface area contributed by atoms with Crippen molar-refractivity contribution in [3.63, 3.8) is 0 Å². The van der Waals surface area contributed by atoms with Gasteiger partial charge in [-0.2, -0.15) is 5.10 Å². The molecule has 0 aliphatic heterocycles. The predicted molar refractivity (Wildman–Crippen MR) is 125 cm³/mol. The van der Waals surface area contributed by atoms with Crippen molar-refractivity contribution in [2.24, 2.45) is 0 Å². The molecule has 0 unspecified atom stereocenters. The summed E-state index contributed by atoms with van der Waals surface area (Å²) in [6.45, 7) is 0.709. The lowest BCUT2D eigenvalue weighted by molar-refractivity contribution is -0.131. The van der Waals surface area contributed by atoms with Gasteiger partial charge in [0.25, 0.3) is 0 Å². The molecule has 0 aliphatic carbocycles. The van der Waals surface area contributed by atoms with Gasteiger partial charge in [0.2, 0.25) is 0 Å².